The number of rotatable bonds is 2. The summed E-state index contributed by atoms with van der Waals surface area (Å²) in [6, 6.07) is 8.26. The third kappa shape index (κ3) is 2.02. The Balaban J connectivity index is 1.51. The second-order valence-corrected chi connectivity index (χ2v) is 5.90. The lowest BCUT2D eigenvalue weighted by atomic mass is 9.93. The number of benzene rings is 1. The zero-order valence-corrected chi connectivity index (χ0v) is 11.5. The Morgan fingerprint density at radius 1 is 1.20 bits per heavy atom. The minimum atomic E-state index is -0.276. The lowest BCUT2D eigenvalue weighted by Crippen LogP contribution is -2.19. The van der Waals surface area contributed by atoms with E-state index in [0.29, 0.717) is 0 Å². The predicted molar refractivity (Wildman–Crippen MR) is 76.9 cm³/mol. The Morgan fingerprint density at radius 3 is 2.95 bits per heavy atom. The summed E-state index contributed by atoms with van der Waals surface area (Å²) in [5.74, 6) is 1.02. The molecule has 0 saturated carbocycles. The Morgan fingerprint density at radius 2 is 2.10 bits per heavy atom. The number of para-hydroxylation sites is 1. The molecule has 0 fully saturated rings. The molecule has 2 atom stereocenters. The van der Waals surface area contributed by atoms with Crippen LogP contribution < -0.4 is 4.74 Å². The molecule has 1 N–H and O–H groups in total. The first-order valence-corrected chi connectivity index (χ1v) is 7.41. The van der Waals surface area contributed by atoms with E-state index >= 15 is 0 Å². The lowest BCUT2D eigenvalue weighted by molar-refractivity contribution is 0.156. The van der Waals surface area contributed by atoms with E-state index in [4.69, 9.17) is 4.74 Å². The molecule has 3 heteroatoms. The van der Waals surface area contributed by atoms with Crippen molar-refractivity contribution in [3.63, 3.8) is 0 Å². The quantitative estimate of drug-likeness (QED) is 0.909. The Kier molecular flexibility index (Phi) is 2.81. The molecular weight excluding hydrogens is 250 g/mol. The van der Waals surface area contributed by atoms with Crippen LogP contribution >= 0.6 is 0 Å². The zero-order valence-electron chi connectivity index (χ0n) is 11.5. The molecule has 2 unspecified atom stereocenters. The molecule has 2 heterocycles. The largest absolute Gasteiger partial charge is 0.488 e. The molecular formula is C17H19NO2. The van der Waals surface area contributed by atoms with Crippen LogP contribution in [0.4, 0.5) is 0 Å². The normalized spacial score (nSPS) is 24.1. The van der Waals surface area contributed by atoms with Crippen LogP contribution in [0.5, 0.6) is 5.75 Å². The molecule has 3 nitrogen and oxygen atoms in total. The molecule has 1 aliphatic carbocycles. The molecule has 4 rings (SSSR count). The lowest BCUT2D eigenvalue weighted by Gasteiger charge is -2.16. The molecule has 1 aromatic carbocycles. The average molecular weight is 269 g/mol. The molecule has 20 heavy (non-hydrogen) atoms. The van der Waals surface area contributed by atoms with Gasteiger partial charge in [0.2, 0.25) is 0 Å². The molecule has 2 aliphatic rings. The Hall–Kier alpha value is -1.74. The molecule has 104 valence electrons. The number of aliphatic hydroxyl groups is 1. The van der Waals surface area contributed by atoms with Crippen LogP contribution in [0, 0.1) is 0 Å². The smallest absolute Gasteiger partial charge is 0.123 e. The van der Waals surface area contributed by atoms with Crippen LogP contribution in [-0.2, 0) is 19.4 Å². The van der Waals surface area contributed by atoms with Gasteiger partial charge in [-0.05, 0) is 36.5 Å². The monoisotopic (exact) mass is 269 g/mol. The van der Waals surface area contributed by atoms with Gasteiger partial charge in [0.1, 0.15) is 11.9 Å². The van der Waals surface area contributed by atoms with Gasteiger partial charge in [0.05, 0.1) is 12.6 Å². The van der Waals surface area contributed by atoms with Crippen molar-refractivity contribution in [2.24, 2.45) is 0 Å². The number of aliphatic hydroxyl groups excluding tert-OH is 1. The van der Waals surface area contributed by atoms with Crippen molar-refractivity contribution in [2.45, 2.75) is 44.4 Å². The summed E-state index contributed by atoms with van der Waals surface area (Å²) in [6.45, 7) is 0.856. The minimum absolute atomic E-state index is 0.207. The summed E-state index contributed by atoms with van der Waals surface area (Å²) in [6.07, 6.45) is 8.26. The fraction of sp³-hybridized carbons (Fsp3) is 0.412. The van der Waals surface area contributed by atoms with Crippen molar-refractivity contribution >= 4 is 0 Å². The van der Waals surface area contributed by atoms with E-state index in [9.17, 15) is 5.11 Å². The van der Waals surface area contributed by atoms with Gasteiger partial charge >= 0.3 is 0 Å². The van der Waals surface area contributed by atoms with Crippen molar-refractivity contribution in [3.05, 3.63) is 53.3 Å². The van der Waals surface area contributed by atoms with Crippen LogP contribution in [0.15, 0.2) is 36.7 Å². The van der Waals surface area contributed by atoms with Gasteiger partial charge in [0.15, 0.2) is 0 Å². The highest BCUT2D eigenvalue weighted by molar-refractivity contribution is 5.37. The van der Waals surface area contributed by atoms with Gasteiger partial charge in [-0.2, -0.15) is 0 Å². The van der Waals surface area contributed by atoms with E-state index in [0.717, 1.165) is 43.5 Å². The van der Waals surface area contributed by atoms with Gasteiger partial charge < -0.3 is 14.4 Å². The van der Waals surface area contributed by atoms with E-state index in [1.807, 2.05) is 12.1 Å². The molecule has 1 aromatic heterocycles. The van der Waals surface area contributed by atoms with Crippen LogP contribution in [0.2, 0.25) is 0 Å². The topological polar surface area (TPSA) is 34.4 Å². The molecule has 0 bridgehead atoms. The molecule has 1 aliphatic heterocycles. The van der Waals surface area contributed by atoms with Gasteiger partial charge in [-0.3, -0.25) is 0 Å². The highest BCUT2D eigenvalue weighted by atomic mass is 16.5. The summed E-state index contributed by atoms with van der Waals surface area (Å²) < 4.78 is 8.18. The number of ether oxygens (including phenoxy) is 1. The maximum absolute atomic E-state index is 10.0. The summed E-state index contributed by atoms with van der Waals surface area (Å²) in [4.78, 5) is 0. The van der Waals surface area contributed by atoms with E-state index in [2.05, 4.69) is 29.1 Å². The minimum Gasteiger partial charge on any atom is -0.488 e. The van der Waals surface area contributed by atoms with Crippen LogP contribution in [0.1, 0.15) is 35.6 Å². The fourth-order valence-electron chi connectivity index (χ4n) is 3.42. The standard InChI is InChI=1S/C17H19NO2/c19-16-6-3-5-13-9-18(11-15(13)16)10-14-8-12-4-1-2-7-17(12)20-14/h1-2,4,7,9,11,14,16,19H,3,5-6,8,10H2. The number of aromatic nitrogens is 1. The zero-order chi connectivity index (χ0) is 13.5. The number of hydrogen-bond donors (Lipinski definition) is 1. The number of hydrogen-bond acceptors (Lipinski definition) is 2. The SMILES string of the molecule is OC1CCCc2cn(CC3Cc4ccccc4O3)cc21. The first kappa shape index (κ1) is 12.0. The van der Waals surface area contributed by atoms with E-state index in [1.165, 1.54) is 11.1 Å². The Bertz CT molecular complexity index is 607. The maximum Gasteiger partial charge on any atom is 0.123 e. The molecule has 0 spiro atoms. The van der Waals surface area contributed by atoms with Gasteiger partial charge in [-0.25, -0.2) is 0 Å². The average Bonchev–Trinajstić information content (AvgIpc) is 3.02. The van der Waals surface area contributed by atoms with Crippen LogP contribution in [0.25, 0.3) is 0 Å². The molecule has 2 aromatic rings. The highest BCUT2D eigenvalue weighted by Crippen LogP contribution is 2.32. The van der Waals surface area contributed by atoms with E-state index < -0.39 is 0 Å². The number of fused-ring (bicyclic) bond motifs is 2. The number of nitrogens with zero attached hydrogens (tertiary/aromatic N) is 1. The van der Waals surface area contributed by atoms with Crippen molar-refractivity contribution in [1.82, 2.24) is 4.57 Å². The van der Waals surface area contributed by atoms with Gasteiger partial charge in [-0.1, -0.05) is 18.2 Å². The maximum atomic E-state index is 10.0. The first-order chi connectivity index (χ1) is 9.79. The third-order valence-electron chi connectivity index (χ3n) is 4.41. The van der Waals surface area contributed by atoms with E-state index in [-0.39, 0.29) is 12.2 Å². The Labute approximate surface area is 118 Å². The van der Waals surface area contributed by atoms with Crippen LogP contribution in [-0.4, -0.2) is 15.8 Å². The summed E-state index contributed by atoms with van der Waals surface area (Å²) in [5.41, 5.74) is 3.72. The van der Waals surface area contributed by atoms with Gasteiger partial charge in [0, 0.05) is 24.4 Å². The second kappa shape index (κ2) is 4.67. The van der Waals surface area contributed by atoms with E-state index in [1.54, 1.807) is 0 Å². The van der Waals surface area contributed by atoms with Crippen molar-refractivity contribution in [3.8, 4) is 5.75 Å². The predicted octanol–water partition coefficient (Wildman–Crippen LogP) is 2.86. The number of aryl methyl sites for hydroxylation is 1. The summed E-state index contributed by atoms with van der Waals surface area (Å²) in [7, 11) is 0. The molecule has 0 saturated heterocycles. The summed E-state index contributed by atoms with van der Waals surface area (Å²) in [5, 5.41) is 10.0. The van der Waals surface area contributed by atoms with Crippen molar-refractivity contribution in [2.75, 3.05) is 0 Å². The second-order valence-electron chi connectivity index (χ2n) is 5.90. The van der Waals surface area contributed by atoms with Crippen molar-refractivity contribution < 1.29 is 9.84 Å². The van der Waals surface area contributed by atoms with Crippen molar-refractivity contribution in [1.29, 1.82) is 0 Å². The highest BCUT2D eigenvalue weighted by Gasteiger charge is 2.24. The van der Waals surface area contributed by atoms with Crippen LogP contribution in [0.3, 0.4) is 0 Å². The van der Waals surface area contributed by atoms with Gasteiger partial charge in [-0.15, -0.1) is 0 Å². The third-order valence-corrected chi connectivity index (χ3v) is 4.41. The molecule has 0 amide bonds. The summed E-state index contributed by atoms with van der Waals surface area (Å²) >= 11 is 0. The molecule has 0 radical (unpaired) electrons. The van der Waals surface area contributed by atoms with Gasteiger partial charge in [0.25, 0.3) is 0 Å². The first-order valence-electron chi connectivity index (χ1n) is 7.41. The fourth-order valence-corrected chi connectivity index (χ4v) is 3.42.